The van der Waals surface area contributed by atoms with E-state index in [0.717, 1.165) is 5.57 Å². The highest BCUT2D eigenvalue weighted by atomic mass is 28.4. The molecule has 0 unspecified atom stereocenters. The van der Waals surface area contributed by atoms with Gasteiger partial charge in [0.1, 0.15) is 11.5 Å². The zero-order chi connectivity index (χ0) is 21.0. The van der Waals surface area contributed by atoms with Crippen LogP contribution in [-0.4, -0.2) is 38.2 Å². The summed E-state index contributed by atoms with van der Waals surface area (Å²) in [6.45, 7) is 12.7. The van der Waals surface area contributed by atoms with Crippen LogP contribution in [0.5, 0.6) is 11.5 Å². The third kappa shape index (κ3) is 3.33. The van der Waals surface area contributed by atoms with Crippen LogP contribution in [0.2, 0.25) is 18.1 Å². The van der Waals surface area contributed by atoms with Crippen molar-refractivity contribution in [3.05, 3.63) is 34.9 Å². The normalized spacial score (nSPS) is 25.1. The molecule has 3 rings (SSSR count). The third-order valence-electron chi connectivity index (χ3n) is 6.49. The van der Waals surface area contributed by atoms with Crippen LogP contribution in [0.25, 0.3) is 0 Å². The molecule has 0 heterocycles. The lowest BCUT2D eigenvalue weighted by Crippen LogP contribution is -2.51. The van der Waals surface area contributed by atoms with Gasteiger partial charge >= 0.3 is 0 Å². The van der Waals surface area contributed by atoms with E-state index in [9.17, 15) is 14.7 Å². The molecule has 0 saturated heterocycles. The summed E-state index contributed by atoms with van der Waals surface area (Å²) in [5, 5.41) is 10.4. The molecule has 6 heteroatoms. The smallest absolute Gasteiger partial charge is 0.192 e. The van der Waals surface area contributed by atoms with Gasteiger partial charge in [-0.15, -0.1) is 0 Å². The first kappa shape index (κ1) is 20.8. The van der Waals surface area contributed by atoms with Crippen LogP contribution in [0, 0.1) is 11.8 Å². The summed E-state index contributed by atoms with van der Waals surface area (Å²) in [4.78, 5) is 26.7. The number of carbonyl (C=O) groups is 2. The Morgan fingerprint density at radius 2 is 1.79 bits per heavy atom. The second-order valence-corrected chi connectivity index (χ2v) is 14.2. The van der Waals surface area contributed by atoms with Gasteiger partial charge in [-0.1, -0.05) is 32.4 Å². The van der Waals surface area contributed by atoms with Crippen molar-refractivity contribution in [2.45, 2.75) is 58.4 Å². The van der Waals surface area contributed by atoms with Crippen LogP contribution in [0.4, 0.5) is 0 Å². The Hall–Kier alpha value is -1.92. The average molecular weight is 403 g/mol. The van der Waals surface area contributed by atoms with Crippen molar-refractivity contribution in [2.24, 2.45) is 11.8 Å². The molecule has 0 aliphatic heterocycles. The Bertz CT molecular complexity index is 862. The third-order valence-corrected chi connectivity index (χ3v) is 11.0. The fourth-order valence-corrected chi connectivity index (χ4v) is 5.15. The van der Waals surface area contributed by atoms with Crippen molar-refractivity contribution in [1.82, 2.24) is 0 Å². The summed E-state index contributed by atoms with van der Waals surface area (Å²) in [6.07, 6.45) is 2.09. The van der Waals surface area contributed by atoms with Crippen molar-refractivity contribution in [2.75, 3.05) is 7.11 Å². The summed E-state index contributed by atoms with van der Waals surface area (Å²) in [7, 11) is -0.685. The van der Waals surface area contributed by atoms with Gasteiger partial charge in [0.15, 0.2) is 19.9 Å². The lowest BCUT2D eigenvalue weighted by molar-refractivity contribution is 0.0535. The highest BCUT2D eigenvalue weighted by Crippen LogP contribution is 2.46. The van der Waals surface area contributed by atoms with Gasteiger partial charge in [-0.05, 0) is 37.5 Å². The lowest BCUT2D eigenvalue weighted by Gasteiger charge is -2.44. The minimum Gasteiger partial charge on any atom is -0.507 e. The number of benzene rings is 1. The Kier molecular flexibility index (Phi) is 5.09. The van der Waals surface area contributed by atoms with Crippen LogP contribution < -0.4 is 4.74 Å². The second kappa shape index (κ2) is 6.85. The molecule has 0 spiro atoms. The van der Waals surface area contributed by atoms with Crippen LogP contribution in [0.1, 0.15) is 54.8 Å². The van der Waals surface area contributed by atoms with Gasteiger partial charge in [0.05, 0.1) is 24.7 Å². The maximum atomic E-state index is 13.5. The van der Waals surface area contributed by atoms with Crippen LogP contribution in [-0.2, 0) is 4.43 Å². The number of hydrogen-bond donors (Lipinski definition) is 1. The Labute approximate surface area is 167 Å². The van der Waals surface area contributed by atoms with Gasteiger partial charge in [-0.2, -0.15) is 0 Å². The predicted molar refractivity (Wildman–Crippen MR) is 111 cm³/mol. The van der Waals surface area contributed by atoms with Crippen molar-refractivity contribution in [3.8, 4) is 11.5 Å². The van der Waals surface area contributed by atoms with E-state index in [1.165, 1.54) is 13.2 Å². The number of aromatic hydroxyl groups is 1. The van der Waals surface area contributed by atoms with Crippen molar-refractivity contribution >= 4 is 19.9 Å². The van der Waals surface area contributed by atoms with E-state index in [1.807, 2.05) is 13.0 Å². The zero-order valence-corrected chi connectivity index (χ0v) is 18.8. The fourth-order valence-electron chi connectivity index (χ4n) is 3.90. The monoisotopic (exact) mass is 402 g/mol. The molecule has 0 saturated carbocycles. The summed E-state index contributed by atoms with van der Waals surface area (Å²) < 4.78 is 11.8. The van der Waals surface area contributed by atoms with Gasteiger partial charge < -0.3 is 14.3 Å². The van der Waals surface area contributed by atoms with E-state index < -0.39 is 26.3 Å². The SMILES string of the molecule is COc1cc(O)c2c(c1)C(=O)[C@H]1[C@@H](O[Si](C)(C)C(C)(C)C)C=C(C)C[C@H]1C2=O. The number of ketones is 2. The summed E-state index contributed by atoms with van der Waals surface area (Å²) in [6, 6.07) is 2.94. The van der Waals surface area contributed by atoms with Gasteiger partial charge in [0.2, 0.25) is 0 Å². The van der Waals surface area contributed by atoms with Crippen LogP contribution >= 0.6 is 0 Å². The van der Waals surface area contributed by atoms with E-state index >= 15 is 0 Å². The number of carbonyl (C=O) groups excluding carboxylic acids is 2. The van der Waals surface area contributed by atoms with Gasteiger partial charge in [-0.25, -0.2) is 0 Å². The molecular formula is C22H30O5Si. The maximum absolute atomic E-state index is 13.5. The molecule has 3 atom stereocenters. The maximum Gasteiger partial charge on any atom is 0.192 e. The predicted octanol–water partition coefficient (Wildman–Crippen LogP) is 4.75. The van der Waals surface area contributed by atoms with Gasteiger partial charge in [-0.3, -0.25) is 9.59 Å². The molecule has 1 N–H and O–H groups in total. The van der Waals surface area contributed by atoms with Crippen LogP contribution in [0.15, 0.2) is 23.8 Å². The van der Waals surface area contributed by atoms with E-state index in [1.54, 1.807) is 6.07 Å². The molecule has 1 aromatic carbocycles. The Morgan fingerprint density at radius 1 is 1.14 bits per heavy atom. The number of fused-ring (bicyclic) bond motifs is 2. The fraction of sp³-hybridized carbons (Fsp3) is 0.545. The minimum absolute atomic E-state index is 0.0111. The molecule has 0 fully saturated rings. The minimum atomic E-state index is -2.15. The molecule has 5 nitrogen and oxygen atoms in total. The lowest BCUT2D eigenvalue weighted by atomic mass is 9.66. The Morgan fingerprint density at radius 3 is 2.36 bits per heavy atom. The number of ether oxygens (including phenoxy) is 1. The van der Waals surface area contributed by atoms with E-state index in [2.05, 4.69) is 33.9 Å². The van der Waals surface area contributed by atoms with E-state index in [4.69, 9.17) is 9.16 Å². The molecule has 2 aliphatic rings. The number of methoxy groups -OCH3 is 1. The summed E-state index contributed by atoms with van der Waals surface area (Å²) in [5.74, 6) is -1.24. The number of phenols is 1. The highest BCUT2D eigenvalue weighted by Gasteiger charge is 2.50. The van der Waals surface area contributed by atoms with E-state index in [0.29, 0.717) is 12.2 Å². The number of phenolic OH excluding ortho intramolecular Hbond substituents is 1. The largest absolute Gasteiger partial charge is 0.507 e. The molecule has 152 valence electrons. The van der Waals surface area contributed by atoms with E-state index in [-0.39, 0.29) is 33.5 Å². The van der Waals surface area contributed by atoms with Crippen molar-refractivity contribution < 1.29 is 23.9 Å². The number of hydrogen-bond acceptors (Lipinski definition) is 5. The topological polar surface area (TPSA) is 72.8 Å². The van der Waals surface area contributed by atoms with Crippen molar-refractivity contribution in [1.29, 1.82) is 0 Å². The molecular weight excluding hydrogens is 372 g/mol. The highest BCUT2D eigenvalue weighted by molar-refractivity contribution is 6.74. The van der Waals surface area contributed by atoms with Crippen molar-refractivity contribution in [3.63, 3.8) is 0 Å². The number of rotatable bonds is 3. The summed E-state index contributed by atoms with van der Waals surface area (Å²) in [5.41, 5.74) is 1.40. The zero-order valence-electron chi connectivity index (χ0n) is 17.8. The van der Waals surface area contributed by atoms with Crippen LogP contribution in [0.3, 0.4) is 0 Å². The van der Waals surface area contributed by atoms with Gasteiger partial charge in [0, 0.05) is 17.5 Å². The Balaban J connectivity index is 2.09. The molecule has 0 aromatic heterocycles. The molecule has 0 radical (unpaired) electrons. The molecule has 28 heavy (non-hydrogen) atoms. The van der Waals surface area contributed by atoms with Gasteiger partial charge in [0.25, 0.3) is 0 Å². The first-order valence-corrected chi connectivity index (χ1v) is 12.6. The average Bonchev–Trinajstić information content (AvgIpc) is 2.57. The molecule has 0 amide bonds. The standard InChI is InChI=1S/C22H30O5Si/c1-12-8-14-19(17(9-12)27-28(6,7)22(2,3)4)21(25)15-10-13(26-5)11-16(23)18(15)20(14)24/h9-11,14,17,19,23H,8H2,1-7H3/t14-,17+,19-/m1/s1. The first-order valence-electron chi connectivity index (χ1n) is 9.72. The first-order chi connectivity index (χ1) is 12.9. The molecule has 2 aliphatic carbocycles. The quantitative estimate of drug-likeness (QED) is 0.583. The second-order valence-electron chi connectivity index (χ2n) is 9.49. The summed E-state index contributed by atoms with van der Waals surface area (Å²) >= 11 is 0. The molecule has 1 aromatic rings. The number of Topliss-reactive ketones (excluding diaryl/α,β-unsaturated/α-hetero) is 2. The number of allylic oxidation sites excluding steroid dienone is 1. The molecule has 0 bridgehead atoms.